The van der Waals surface area contributed by atoms with Crippen LogP contribution in [0.2, 0.25) is 0 Å². The molecule has 0 saturated heterocycles. The predicted molar refractivity (Wildman–Crippen MR) is 94.7 cm³/mol. The summed E-state index contributed by atoms with van der Waals surface area (Å²) in [4.78, 5) is 6.12. The normalized spacial score (nSPS) is 9.91. The maximum absolute atomic E-state index is 5.26. The minimum Gasteiger partial charge on any atom is -0.497 e. The van der Waals surface area contributed by atoms with Crippen LogP contribution in [0.25, 0.3) is 0 Å². The molecule has 0 radical (unpaired) electrons. The Bertz CT molecular complexity index is 589. The Morgan fingerprint density at radius 2 is 1.86 bits per heavy atom. The van der Waals surface area contributed by atoms with E-state index in [0.29, 0.717) is 5.11 Å². The molecule has 0 saturated carbocycles. The van der Waals surface area contributed by atoms with Crippen molar-refractivity contribution in [2.45, 2.75) is 0 Å². The van der Waals surface area contributed by atoms with E-state index < -0.39 is 0 Å². The summed E-state index contributed by atoms with van der Waals surface area (Å²) in [5, 5.41) is 6.91. The van der Waals surface area contributed by atoms with E-state index in [1.807, 2.05) is 43.4 Å². The summed E-state index contributed by atoms with van der Waals surface area (Å²) in [6.45, 7) is 1.59. The van der Waals surface area contributed by atoms with Gasteiger partial charge >= 0.3 is 0 Å². The smallest absolute Gasteiger partial charge is 0.170 e. The molecule has 0 amide bonds. The number of rotatable bonds is 6. The van der Waals surface area contributed by atoms with Crippen molar-refractivity contribution >= 4 is 28.7 Å². The molecule has 0 aliphatic carbocycles. The topological polar surface area (TPSA) is 49.4 Å². The van der Waals surface area contributed by atoms with E-state index in [4.69, 9.17) is 17.0 Å². The largest absolute Gasteiger partial charge is 0.497 e. The van der Waals surface area contributed by atoms with E-state index in [1.165, 1.54) is 0 Å². The van der Waals surface area contributed by atoms with Gasteiger partial charge in [-0.1, -0.05) is 0 Å². The van der Waals surface area contributed by atoms with Crippen molar-refractivity contribution in [2.75, 3.05) is 37.5 Å². The van der Waals surface area contributed by atoms with Crippen LogP contribution in [-0.2, 0) is 0 Å². The first-order valence-corrected chi connectivity index (χ1v) is 7.40. The molecule has 6 heteroatoms. The molecule has 1 aromatic carbocycles. The highest BCUT2D eigenvalue weighted by Crippen LogP contribution is 2.17. The summed E-state index contributed by atoms with van der Waals surface area (Å²) in [6.07, 6.45) is 3.45. The van der Waals surface area contributed by atoms with Crippen LogP contribution in [0.5, 0.6) is 5.75 Å². The number of aromatic nitrogens is 1. The standard InChI is InChI=1S/C16H20N4OS/c1-20(14-3-5-15(21-2)6-4-14)12-11-18-16(22)19-13-7-9-17-10-8-13/h3-10H,11-12H2,1-2H3,(H2,17,18,19,22). The maximum atomic E-state index is 5.26. The van der Waals surface area contributed by atoms with Crippen LogP contribution >= 0.6 is 12.2 Å². The van der Waals surface area contributed by atoms with Crippen LogP contribution in [0, 0.1) is 0 Å². The van der Waals surface area contributed by atoms with Gasteiger partial charge < -0.3 is 20.3 Å². The highest BCUT2D eigenvalue weighted by atomic mass is 32.1. The number of anilines is 2. The van der Waals surface area contributed by atoms with Gasteiger partial charge in [0.15, 0.2) is 5.11 Å². The van der Waals surface area contributed by atoms with Crippen LogP contribution in [0.1, 0.15) is 0 Å². The van der Waals surface area contributed by atoms with Crippen LogP contribution in [0.4, 0.5) is 11.4 Å². The summed E-state index contributed by atoms with van der Waals surface area (Å²) in [5.74, 6) is 0.859. The summed E-state index contributed by atoms with van der Waals surface area (Å²) in [6, 6.07) is 11.7. The van der Waals surface area contributed by atoms with E-state index in [-0.39, 0.29) is 0 Å². The quantitative estimate of drug-likeness (QED) is 0.799. The maximum Gasteiger partial charge on any atom is 0.170 e. The number of thiocarbonyl (C=S) groups is 1. The lowest BCUT2D eigenvalue weighted by Gasteiger charge is -2.20. The van der Waals surface area contributed by atoms with E-state index in [0.717, 1.165) is 30.2 Å². The van der Waals surface area contributed by atoms with Crippen molar-refractivity contribution in [3.63, 3.8) is 0 Å². The second kappa shape index (κ2) is 8.19. The monoisotopic (exact) mass is 316 g/mol. The van der Waals surface area contributed by atoms with Gasteiger partial charge in [-0.2, -0.15) is 0 Å². The summed E-state index contributed by atoms with van der Waals surface area (Å²) < 4.78 is 5.16. The molecule has 2 rings (SSSR count). The molecule has 0 aliphatic rings. The number of methoxy groups -OCH3 is 1. The number of pyridine rings is 1. The van der Waals surface area contributed by atoms with E-state index >= 15 is 0 Å². The Balaban J connectivity index is 1.74. The zero-order valence-corrected chi connectivity index (χ0v) is 13.6. The zero-order valence-electron chi connectivity index (χ0n) is 12.7. The van der Waals surface area contributed by atoms with Crippen molar-refractivity contribution in [1.29, 1.82) is 0 Å². The number of hydrogen-bond acceptors (Lipinski definition) is 4. The molecule has 1 heterocycles. The van der Waals surface area contributed by atoms with E-state index in [1.54, 1.807) is 19.5 Å². The fraction of sp³-hybridized carbons (Fsp3) is 0.250. The Hall–Kier alpha value is -2.34. The lowest BCUT2D eigenvalue weighted by molar-refractivity contribution is 0.415. The molecule has 2 aromatic rings. The molecule has 0 spiro atoms. The highest BCUT2D eigenvalue weighted by Gasteiger charge is 2.02. The Morgan fingerprint density at radius 3 is 2.50 bits per heavy atom. The van der Waals surface area contributed by atoms with Crippen molar-refractivity contribution in [3.8, 4) is 5.75 Å². The number of benzene rings is 1. The zero-order chi connectivity index (χ0) is 15.8. The number of nitrogens with one attached hydrogen (secondary N) is 2. The Kier molecular flexibility index (Phi) is 5.97. The first kappa shape index (κ1) is 16.0. The molecule has 0 unspecified atom stereocenters. The first-order chi connectivity index (χ1) is 10.7. The molecule has 0 atom stereocenters. The third-order valence-corrected chi connectivity index (χ3v) is 3.43. The van der Waals surface area contributed by atoms with Crippen LogP contribution in [0.15, 0.2) is 48.8 Å². The third kappa shape index (κ3) is 4.89. The van der Waals surface area contributed by atoms with Crippen molar-refractivity contribution in [1.82, 2.24) is 10.3 Å². The van der Waals surface area contributed by atoms with Gasteiger partial charge in [0.2, 0.25) is 0 Å². The fourth-order valence-electron chi connectivity index (χ4n) is 1.91. The minimum atomic E-state index is 0.606. The van der Waals surface area contributed by atoms with Crippen molar-refractivity contribution < 1.29 is 4.74 Å². The highest BCUT2D eigenvalue weighted by molar-refractivity contribution is 7.80. The Labute approximate surface area is 136 Å². The van der Waals surface area contributed by atoms with Crippen LogP contribution < -0.4 is 20.3 Å². The molecular formula is C16H20N4OS. The van der Waals surface area contributed by atoms with E-state index in [2.05, 4.69) is 20.5 Å². The fourth-order valence-corrected chi connectivity index (χ4v) is 2.13. The van der Waals surface area contributed by atoms with Gasteiger partial charge in [0.05, 0.1) is 7.11 Å². The molecule has 1 aromatic heterocycles. The minimum absolute atomic E-state index is 0.606. The molecule has 5 nitrogen and oxygen atoms in total. The molecule has 116 valence electrons. The van der Waals surface area contributed by atoms with E-state index in [9.17, 15) is 0 Å². The first-order valence-electron chi connectivity index (χ1n) is 6.99. The van der Waals surface area contributed by atoms with Gasteiger partial charge in [-0.05, 0) is 48.6 Å². The lowest BCUT2D eigenvalue weighted by Crippen LogP contribution is -2.35. The van der Waals surface area contributed by atoms with Gasteiger partial charge in [-0.15, -0.1) is 0 Å². The number of nitrogens with zero attached hydrogens (tertiary/aromatic N) is 2. The lowest BCUT2D eigenvalue weighted by atomic mass is 10.3. The molecule has 0 fully saturated rings. The third-order valence-electron chi connectivity index (χ3n) is 3.18. The van der Waals surface area contributed by atoms with Gasteiger partial charge in [0, 0.05) is 43.9 Å². The second-order valence-electron chi connectivity index (χ2n) is 4.74. The molecule has 0 aliphatic heterocycles. The SMILES string of the molecule is COc1ccc(N(C)CCNC(=S)Nc2ccncc2)cc1. The number of ether oxygens (including phenoxy) is 1. The summed E-state index contributed by atoms with van der Waals surface area (Å²) >= 11 is 5.26. The van der Waals surface area contributed by atoms with Crippen molar-refractivity contribution in [2.24, 2.45) is 0 Å². The molecule has 0 bridgehead atoms. The van der Waals surface area contributed by atoms with Crippen LogP contribution in [-0.4, -0.2) is 37.3 Å². The average molecular weight is 316 g/mol. The predicted octanol–water partition coefficient (Wildman–Crippen LogP) is 2.51. The molecular weight excluding hydrogens is 296 g/mol. The molecule has 2 N–H and O–H groups in total. The number of hydrogen-bond donors (Lipinski definition) is 2. The second-order valence-corrected chi connectivity index (χ2v) is 5.14. The van der Waals surface area contributed by atoms with Gasteiger partial charge in [0.25, 0.3) is 0 Å². The van der Waals surface area contributed by atoms with Gasteiger partial charge in [-0.3, -0.25) is 4.98 Å². The number of likely N-dealkylation sites (N-methyl/N-ethyl adjacent to an activating group) is 1. The van der Waals surface area contributed by atoms with Crippen molar-refractivity contribution in [3.05, 3.63) is 48.8 Å². The molecule has 22 heavy (non-hydrogen) atoms. The average Bonchev–Trinajstić information content (AvgIpc) is 2.55. The van der Waals surface area contributed by atoms with Crippen LogP contribution in [0.3, 0.4) is 0 Å². The Morgan fingerprint density at radius 1 is 1.18 bits per heavy atom. The summed E-state index contributed by atoms with van der Waals surface area (Å²) in [7, 11) is 3.71. The summed E-state index contributed by atoms with van der Waals surface area (Å²) in [5.41, 5.74) is 2.06. The van der Waals surface area contributed by atoms with Gasteiger partial charge in [0.1, 0.15) is 5.75 Å². The van der Waals surface area contributed by atoms with Gasteiger partial charge in [-0.25, -0.2) is 0 Å².